The molecule has 1 aliphatic rings. The van der Waals surface area contributed by atoms with E-state index in [1.807, 2.05) is 63.2 Å². The molecule has 0 saturated carbocycles. The minimum absolute atomic E-state index is 0.0568. The Balaban J connectivity index is 1.38. The van der Waals surface area contributed by atoms with Crippen molar-refractivity contribution in [1.82, 2.24) is 19.9 Å². The third-order valence-electron chi connectivity index (χ3n) is 5.44. The standard InChI is InChI=1S/C23H29N5O2/c1-16(2)30-20-11-9-18(10-12-20)14-24-22(29)19-7-5-13-27(15-19)23-26-25-21-8-4-6-17(3)28(21)23/h4,6,8-12,16,19H,5,7,13-15H2,1-3H3,(H,24,29). The first-order chi connectivity index (χ1) is 14.5. The van der Waals surface area contributed by atoms with Gasteiger partial charge in [-0.3, -0.25) is 9.20 Å². The fourth-order valence-electron chi connectivity index (χ4n) is 3.95. The number of aromatic nitrogens is 3. The van der Waals surface area contributed by atoms with E-state index < -0.39 is 0 Å². The molecule has 2 aromatic heterocycles. The van der Waals surface area contributed by atoms with Gasteiger partial charge in [-0.1, -0.05) is 18.2 Å². The van der Waals surface area contributed by atoms with Crippen LogP contribution in [0.5, 0.6) is 5.75 Å². The summed E-state index contributed by atoms with van der Waals surface area (Å²) in [6.07, 6.45) is 2.00. The maximum Gasteiger partial charge on any atom is 0.231 e. The number of fused-ring (bicyclic) bond motifs is 1. The molecule has 1 fully saturated rings. The number of aryl methyl sites for hydroxylation is 1. The molecule has 7 nitrogen and oxygen atoms in total. The van der Waals surface area contributed by atoms with Gasteiger partial charge in [0, 0.05) is 25.3 Å². The largest absolute Gasteiger partial charge is 0.491 e. The van der Waals surface area contributed by atoms with Crippen LogP contribution in [0.2, 0.25) is 0 Å². The number of ether oxygens (including phenoxy) is 1. The minimum atomic E-state index is -0.0568. The van der Waals surface area contributed by atoms with Gasteiger partial charge in [-0.25, -0.2) is 0 Å². The van der Waals surface area contributed by atoms with Crippen LogP contribution in [-0.2, 0) is 11.3 Å². The molecule has 3 heterocycles. The van der Waals surface area contributed by atoms with Gasteiger partial charge in [0.1, 0.15) is 5.75 Å². The molecule has 4 rings (SSSR count). The van der Waals surface area contributed by atoms with Gasteiger partial charge in [-0.2, -0.15) is 0 Å². The predicted octanol–water partition coefficient (Wildman–Crippen LogP) is 3.36. The summed E-state index contributed by atoms with van der Waals surface area (Å²) in [5, 5.41) is 11.8. The lowest BCUT2D eigenvalue weighted by molar-refractivity contribution is -0.125. The second kappa shape index (κ2) is 8.73. The summed E-state index contributed by atoms with van der Waals surface area (Å²) < 4.78 is 7.73. The van der Waals surface area contributed by atoms with Crippen molar-refractivity contribution in [3.8, 4) is 5.75 Å². The van der Waals surface area contributed by atoms with E-state index in [0.29, 0.717) is 13.1 Å². The van der Waals surface area contributed by atoms with Crippen molar-refractivity contribution in [2.24, 2.45) is 5.92 Å². The number of anilines is 1. The monoisotopic (exact) mass is 407 g/mol. The Morgan fingerprint density at radius 3 is 2.77 bits per heavy atom. The average molecular weight is 408 g/mol. The van der Waals surface area contributed by atoms with Crippen LogP contribution in [0.25, 0.3) is 5.65 Å². The van der Waals surface area contributed by atoms with Crippen LogP contribution in [0.15, 0.2) is 42.5 Å². The van der Waals surface area contributed by atoms with Crippen LogP contribution in [0.3, 0.4) is 0 Å². The predicted molar refractivity (Wildman–Crippen MR) is 117 cm³/mol. The Hall–Kier alpha value is -3.09. The van der Waals surface area contributed by atoms with Gasteiger partial charge < -0.3 is 15.0 Å². The molecule has 0 spiro atoms. The number of hydrogen-bond acceptors (Lipinski definition) is 5. The molecule has 1 unspecified atom stereocenters. The second-order valence-corrected chi connectivity index (χ2v) is 8.17. The highest BCUT2D eigenvalue weighted by atomic mass is 16.5. The molecule has 0 aliphatic carbocycles. The molecule has 7 heteroatoms. The first-order valence-corrected chi connectivity index (χ1v) is 10.6. The molecule has 30 heavy (non-hydrogen) atoms. The number of carbonyl (C=O) groups is 1. The van der Waals surface area contributed by atoms with E-state index in [4.69, 9.17) is 4.74 Å². The number of benzene rings is 1. The maximum atomic E-state index is 12.8. The van der Waals surface area contributed by atoms with Crippen molar-refractivity contribution in [3.63, 3.8) is 0 Å². The van der Waals surface area contributed by atoms with E-state index in [2.05, 4.69) is 24.8 Å². The van der Waals surface area contributed by atoms with E-state index in [1.165, 1.54) is 0 Å². The molecule has 1 saturated heterocycles. The van der Waals surface area contributed by atoms with Crippen molar-refractivity contribution >= 4 is 17.5 Å². The second-order valence-electron chi connectivity index (χ2n) is 8.17. The van der Waals surface area contributed by atoms with Gasteiger partial charge >= 0.3 is 0 Å². The minimum Gasteiger partial charge on any atom is -0.491 e. The third kappa shape index (κ3) is 4.40. The lowest BCUT2D eigenvalue weighted by Gasteiger charge is -2.32. The maximum absolute atomic E-state index is 12.8. The zero-order valence-corrected chi connectivity index (χ0v) is 17.8. The van der Waals surface area contributed by atoms with Crippen LogP contribution >= 0.6 is 0 Å². The number of hydrogen-bond donors (Lipinski definition) is 1. The van der Waals surface area contributed by atoms with Crippen LogP contribution in [0.1, 0.15) is 37.9 Å². The van der Waals surface area contributed by atoms with E-state index in [0.717, 1.165) is 48.0 Å². The van der Waals surface area contributed by atoms with Crippen molar-refractivity contribution < 1.29 is 9.53 Å². The summed E-state index contributed by atoms with van der Waals surface area (Å²) in [6, 6.07) is 13.9. The van der Waals surface area contributed by atoms with Crippen LogP contribution in [-0.4, -0.2) is 39.7 Å². The van der Waals surface area contributed by atoms with E-state index in [9.17, 15) is 4.79 Å². The van der Waals surface area contributed by atoms with Crippen LogP contribution < -0.4 is 15.0 Å². The Morgan fingerprint density at radius 1 is 1.20 bits per heavy atom. The number of amides is 1. The van der Waals surface area contributed by atoms with E-state index in [-0.39, 0.29) is 17.9 Å². The van der Waals surface area contributed by atoms with Crippen molar-refractivity contribution in [1.29, 1.82) is 0 Å². The highest BCUT2D eigenvalue weighted by molar-refractivity contribution is 5.79. The molecule has 1 aliphatic heterocycles. The molecular formula is C23H29N5O2. The molecule has 1 atom stereocenters. The molecule has 1 amide bonds. The summed E-state index contributed by atoms with van der Waals surface area (Å²) in [6.45, 7) is 8.12. The molecule has 158 valence electrons. The third-order valence-corrected chi connectivity index (χ3v) is 5.44. The molecular weight excluding hydrogens is 378 g/mol. The molecule has 0 bridgehead atoms. The first kappa shape index (κ1) is 20.2. The molecule has 1 aromatic carbocycles. The highest BCUT2D eigenvalue weighted by Crippen LogP contribution is 2.24. The van der Waals surface area contributed by atoms with Crippen molar-refractivity contribution in [2.75, 3.05) is 18.0 Å². The number of piperidine rings is 1. The summed E-state index contributed by atoms with van der Waals surface area (Å²) in [5.41, 5.74) is 2.98. The topological polar surface area (TPSA) is 71.8 Å². The van der Waals surface area contributed by atoms with Gasteiger partial charge in [-0.05, 0) is 63.4 Å². The normalized spacial score (nSPS) is 16.8. The lowest BCUT2D eigenvalue weighted by Crippen LogP contribution is -2.43. The highest BCUT2D eigenvalue weighted by Gasteiger charge is 2.28. The average Bonchev–Trinajstić information content (AvgIpc) is 3.18. The summed E-state index contributed by atoms with van der Waals surface area (Å²) in [5.74, 6) is 1.70. The molecule has 0 radical (unpaired) electrons. The molecule has 3 aromatic rings. The number of carbonyl (C=O) groups excluding carboxylic acids is 1. The van der Waals surface area contributed by atoms with Gasteiger partial charge in [0.25, 0.3) is 0 Å². The van der Waals surface area contributed by atoms with Crippen molar-refractivity contribution in [3.05, 3.63) is 53.7 Å². The van der Waals surface area contributed by atoms with Gasteiger partial charge in [0.2, 0.25) is 11.9 Å². The Morgan fingerprint density at radius 2 is 2.00 bits per heavy atom. The van der Waals surface area contributed by atoms with E-state index >= 15 is 0 Å². The van der Waals surface area contributed by atoms with Crippen molar-refractivity contribution in [2.45, 2.75) is 46.3 Å². The van der Waals surface area contributed by atoms with Crippen LogP contribution in [0.4, 0.5) is 5.95 Å². The van der Waals surface area contributed by atoms with Gasteiger partial charge in [0.15, 0.2) is 5.65 Å². The fraction of sp³-hybridized carbons (Fsp3) is 0.435. The Kier molecular flexibility index (Phi) is 5.88. The smallest absolute Gasteiger partial charge is 0.231 e. The van der Waals surface area contributed by atoms with E-state index in [1.54, 1.807) is 0 Å². The number of nitrogens with zero attached hydrogens (tertiary/aromatic N) is 4. The lowest BCUT2D eigenvalue weighted by atomic mass is 9.97. The Labute approximate surface area is 177 Å². The number of pyridine rings is 1. The van der Waals surface area contributed by atoms with Gasteiger partial charge in [-0.15, -0.1) is 10.2 Å². The summed E-state index contributed by atoms with van der Waals surface area (Å²) >= 11 is 0. The molecule has 1 N–H and O–H groups in total. The SMILES string of the molecule is Cc1cccc2nnc(N3CCCC(C(=O)NCc4ccc(OC(C)C)cc4)C3)n12. The Bertz CT molecular complexity index is 1010. The number of rotatable bonds is 6. The van der Waals surface area contributed by atoms with Gasteiger partial charge in [0.05, 0.1) is 12.0 Å². The zero-order chi connectivity index (χ0) is 21.1. The zero-order valence-electron chi connectivity index (χ0n) is 17.8. The number of nitrogens with one attached hydrogen (secondary N) is 1. The van der Waals surface area contributed by atoms with Crippen LogP contribution in [0, 0.1) is 12.8 Å². The fourth-order valence-corrected chi connectivity index (χ4v) is 3.95. The summed E-state index contributed by atoms with van der Waals surface area (Å²) in [4.78, 5) is 15.0. The first-order valence-electron chi connectivity index (χ1n) is 10.6. The quantitative estimate of drug-likeness (QED) is 0.678. The summed E-state index contributed by atoms with van der Waals surface area (Å²) in [7, 11) is 0.